The molecule has 102 valence electrons. The fourth-order valence-corrected chi connectivity index (χ4v) is 2.64. The molecule has 2 rings (SSSR count). The number of aryl methyl sites for hydroxylation is 1. The monoisotopic (exact) mass is 252 g/mol. The highest BCUT2D eigenvalue weighted by Gasteiger charge is 2.24. The minimum absolute atomic E-state index is 0.645. The third-order valence-corrected chi connectivity index (χ3v) is 3.92. The fraction of sp³-hybridized carbons (Fsp3) is 0.846. The largest absolute Gasteiger partial charge is 0.424 e. The first-order chi connectivity index (χ1) is 8.72. The highest BCUT2D eigenvalue weighted by molar-refractivity contribution is 4.85. The van der Waals surface area contributed by atoms with E-state index in [1.165, 1.54) is 25.7 Å². The van der Waals surface area contributed by atoms with Crippen molar-refractivity contribution < 1.29 is 4.42 Å². The van der Waals surface area contributed by atoms with E-state index < -0.39 is 0 Å². The molecule has 0 aliphatic heterocycles. The third kappa shape index (κ3) is 3.29. The van der Waals surface area contributed by atoms with Crippen LogP contribution in [0.2, 0.25) is 0 Å². The molecule has 5 heteroatoms. The Balaban J connectivity index is 1.82. The maximum atomic E-state index is 5.56. The molecule has 1 saturated carbocycles. The second-order valence-corrected chi connectivity index (χ2v) is 5.15. The maximum absolute atomic E-state index is 5.56. The fourth-order valence-electron chi connectivity index (χ4n) is 2.64. The smallest absolute Gasteiger partial charge is 0.230 e. The molecule has 0 atom stereocenters. The van der Waals surface area contributed by atoms with Crippen LogP contribution < -0.4 is 5.32 Å². The Labute approximate surface area is 109 Å². The van der Waals surface area contributed by atoms with Crippen LogP contribution in [0.25, 0.3) is 0 Å². The van der Waals surface area contributed by atoms with E-state index in [-0.39, 0.29) is 0 Å². The maximum Gasteiger partial charge on any atom is 0.230 e. The highest BCUT2D eigenvalue weighted by atomic mass is 16.4. The summed E-state index contributed by atoms with van der Waals surface area (Å²) in [6.45, 7) is 2.79. The van der Waals surface area contributed by atoms with E-state index in [1.807, 2.05) is 6.92 Å². The molecule has 18 heavy (non-hydrogen) atoms. The van der Waals surface area contributed by atoms with E-state index in [0.717, 1.165) is 24.7 Å². The summed E-state index contributed by atoms with van der Waals surface area (Å²) in [5.41, 5.74) is 0. The van der Waals surface area contributed by atoms with Gasteiger partial charge < -0.3 is 9.73 Å². The van der Waals surface area contributed by atoms with E-state index in [1.54, 1.807) is 0 Å². The molecule has 0 radical (unpaired) electrons. The van der Waals surface area contributed by atoms with Crippen molar-refractivity contribution in [1.82, 2.24) is 20.4 Å². The van der Waals surface area contributed by atoms with Gasteiger partial charge in [-0.1, -0.05) is 6.92 Å². The molecule has 0 amide bonds. The average Bonchev–Trinajstić information content (AvgIpc) is 2.86. The van der Waals surface area contributed by atoms with Crippen molar-refractivity contribution in [3.05, 3.63) is 11.8 Å². The van der Waals surface area contributed by atoms with Gasteiger partial charge in [0.2, 0.25) is 11.8 Å². The normalized spacial score (nSPS) is 24.7. The van der Waals surface area contributed by atoms with Crippen molar-refractivity contribution in [1.29, 1.82) is 0 Å². The van der Waals surface area contributed by atoms with E-state index in [2.05, 4.69) is 34.5 Å². The summed E-state index contributed by atoms with van der Waals surface area (Å²) in [6.07, 6.45) is 5.82. The van der Waals surface area contributed by atoms with Crippen LogP contribution in [-0.2, 0) is 13.0 Å². The highest BCUT2D eigenvalue weighted by Crippen LogP contribution is 2.23. The number of rotatable bonds is 5. The van der Waals surface area contributed by atoms with Crippen LogP contribution in [0.4, 0.5) is 0 Å². The van der Waals surface area contributed by atoms with Crippen LogP contribution in [-0.4, -0.2) is 41.3 Å². The first-order valence-corrected chi connectivity index (χ1v) is 6.91. The van der Waals surface area contributed by atoms with Gasteiger partial charge in [0.25, 0.3) is 0 Å². The summed E-state index contributed by atoms with van der Waals surface area (Å²) >= 11 is 0. The van der Waals surface area contributed by atoms with Gasteiger partial charge in [-0.3, -0.25) is 4.90 Å². The van der Waals surface area contributed by atoms with Gasteiger partial charge in [0.15, 0.2) is 0 Å². The lowest BCUT2D eigenvalue weighted by atomic mass is 9.90. The first-order valence-electron chi connectivity index (χ1n) is 6.91. The molecule has 0 aromatic carbocycles. The Morgan fingerprint density at radius 2 is 1.89 bits per heavy atom. The lowest BCUT2D eigenvalue weighted by Gasteiger charge is -2.33. The first kappa shape index (κ1) is 13.5. The number of nitrogens with zero attached hydrogens (tertiary/aromatic N) is 3. The zero-order chi connectivity index (χ0) is 13.0. The van der Waals surface area contributed by atoms with Crippen LogP contribution >= 0.6 is 0 Å². The van der Waals surface area contributed by atoms with Gasteiger partial charge in [-0.05, 0) is 39.8 Å². The minimum Gasteiger partial charge on any atom is -0.424 e. The molecular weight excluding hydrogens is 228 g/mol. The Morgan fingerprint density at radius 1 is 1.22 bits per heavy atom. The second-order valence-electron chi connectivity index (χ2n) is 5.15. The molecular formula is C13H24N4O. The van der Waals surface area contributed by atoms with Gasteiger partial charge in [-0.15, -0.1) is 10.2 Å². The molecule has 1 heterocycles. The van der Waals surface area contributed by atoms with Gasteiger partial charge in [0.05, 0.1) is 6.54 Å². The lowest BCUT2D eigenvalue weighted by Crippen LogP contribution is -2.39. The molecule has 1 fully saturated rings. The Morgan fingerprint density at radius 3 is 2.44 bits per heavy atom. The molecule has 1 aliphatic rings. The predicted molar refractivity (Wildman–Crippen MR) is 70.2 cm³/mol. The molecule has 1 aromatic rings. The number of hydrogen-bond donors (Lipinski definition) is 1. The standard InChI is InChI=1S/C13H24N4O/c1-4-12-15-16-13(18-12)9-17(3)11-7-5-10(14-2)6-8-11/h10-11,14H,4-9H2,1-3H3. The van der Waals surface area contributed by atoms with Crippen molar-refractivity contribution in [3.8, 4) is 0 Å². The summed E-state index contributed by atoms with van der Waals surface area (Å²) in [4.78, 5) is 2.35. The van der Waals surface area contributed by atoms with E-state index in [9.17, 15) is 0 Å². The third-order valence-electron chi connectivity index (χ3n) is 3.92. The Kier molecular flexibility index (Phi) is 4.72. The Bertz CT molecular complexity index is 358. The van der Waals surface area contributed by atoms with E-state index >= 15 is 0 Å². The summed E-state index contributed by atoms with van der Waals surface area (Å²) in [6, 6.07) is 1.34. The summed E-state index contributed by atoms with van der Waals surface area (Å²) in [5, 5.41) is 11.5. The van der Waals surface area contributed by atoms with E-state index in [0.29, 0.717) is 12.1 Å². The Hall–Kier alpha value is -0.940. The van der Waals surface area contributed by atoms with Gasteiger partial charge in [0.1, 0.15) is 0 Å². The molecule has 0 saturated heterocycles. The number of hydrogen-bond acceptors (Lipinski definition) is 5. The number of aromatic nitrogens is 2. The summed E-state index contributed by atoms with van der Waals surface area (Å²) in [5.74, 6) is 1.47. The molecule has 1 aliphatic carbocycles. The topological polar surface area (TPSA) is 54.2 Å². The SMILES string of the molecule is CCc1nnc(CN(C)C2CCC(NC)CC2)o1. The summed E-state index contributed by atoms with van der Waals surface area (Å²) in [7, 11) is 4.21. The summed E-state index contributed by atoms with van der Waals surface area (Å²) < 4.78 is 5.56. The van der Waals surface area contributed by atoms with Crippen LogP contribution in [0.15, 0.2) is 4.42 Å². The van der Waals surface area contributed by atoms with Crippen LogP contribution in [0.5, 0.6) is 0 Å². The van der Waals surface area contributed by atoms with E-state index in [4.69, 9.17) is 4.42 Å². The van der Waals surface area contributed by atoms with Crippen LogP contribution in [0.3, 0.4) is 0 Å². The quantitative estimate of drug-likeness (QED) is 0.862. The van der Waals surface area contributed by atoms with Crippen LogP contribution in [0, 0.1) is 0 Å². The van der Waals surface area contributed by atoms with Crippen molar-refractivity contribution >= 4 is 0 Å². The van der Waals surface area contributed by atoms with Gasteiger partial charge >= 0.3 is 0 Å². The average molecular weight is 252 g/mol. The molecule has 0 bridgehead atoms. The van der Waals surface area contributed by atoms with Crippen molar-refractivity contribution in [2.24, 2.45) is 0 Å². The molecule has 1 aromatic heterocycles. The molecule has 0 unspecified atom stereocenters. The predicted octanol–water partition coefficient (Wildman–Crippen LogP) is 1.59. The van der Waals surface area contributed by atoms with Gasteiger partial charge in [-0.2, -0.15) is 0 Å². The lowest BCUT2D eigenvalue weighted by molar-refractivity contribution is 0.157. The zero-order valence-corrected chi connectivity index (χ0v) is 11.6. The van der Waals surface area contributed by atoms with Crippen molar-refractivity contribution in [3.63, 3.8) is 0 Å². The minimum atomic E-state index is 0.645. The van der Waals surface area contributed by atoms with Crippen molar-refractivity contribution in [2.75, 3.05) is 14.1 Å². The van der Waals surface area contributed by atoms with Crippen LogP contribution in [0.1, 0.15) is 44.4 Å². The zero-order valence-electron chi connectivity index (χ0n) is 11.6. The second kappa shape index (κ2) is 6.29. The molecule has 1 N–H and O–H groups in total. The molecule has 0 spiro atoms. The number of nitrogens with one attached hydrogen (secondary N) is 1. The van der Waals surface area contributed by atoms with Gasteiger partial charge in [-0.25, -0.2) is 0 Å². The molecule has 5 nitrogen and oxygen atoms in total. The van der Waals surface area contributed by atoms with Crippen molar-refractivity contribution in [2.45, 2.75) is 57.7 Å². The van der Waals surface area contributed by atoms with Gasteiger partial charge in [0, 0.05) is 18.5 Å².